The van der Waals surface area contributed by atoms with E-state index in [1.54, 1.807) is 0 Å². The molecular formula is C18H22ClN3. The molecule has 116 valence electrons. The van der Waals surface area contributed by atoms with Gasteiger partial charge in [0.15, 0.2) is 0 Å². The number of allylic oxidation sites excluding steroid dienone is 3. The Morgan fingerprint density at radius 3 is 2.82 bits per heavy atom. The quantitative estimate of drug-likeness (QED) is 0.889. The summed E-state index contributed by atoms with van der Waals surface area (Å²) in [4.78, 5) is 7.77. The molecular weight excluding hydrogens is 294 g/mol. The molecule has 3 nitrogen and oxygen atoms in total. The number of pyridine rings is 1. The highest BCUT2D eigenvalue weighted by Crippen LogP contribution is 2.54. The third-order valence-electron chi connectivity index (χ3n) is 5.52. The van der Waals surface area contributed by atoms with Crippen LogP contribution in [-0.4, -0.2) is 16.5 Å². The minimum Gasteiger partial charge on any atom is -0.360 e. The fraction of sp³-hybridized carbons (Fsp3) is 0.389. The Bertz CT molecular complexity index is 773. The average molecular weight is 316 g/mol. The van der Waals surface area contributed by atoms with Gasteiger partial charge in [-0.1, -0.05) is 31.5 Å². The van der Waals surface area contributed by atoms with Gasteiger partial charge in [0.1, 0.15) is 0 Å². The van der Waals surface area contributed by atoms with E-state index in [1.807, 2.05) is 24.5 Å². The second kappa shape index (κ2) is 5.25. The monoisotopic (exact) mass is 315 g/mol. The maximum absolute atomic E-state index is 6.50. The Kier molecular flexibility index (Phi) is 3.66. The molecule has 0 bridgehead atoms. The first kappa shape index (κ1) is 15.3. The molecule has 2 aromatic heterocycles. The summed E-state index contributed by atoms with van der Waals surface area (Å²) < 4.78 is 0. The molecule has 0 fully saturated rings. The molecule has 1 aliphatic rings. The largest absolute Gasteiger partial charge is 0.360 e. The number of nitrogens with two attached hydrogens (primary N) is 1. The van der Waals surface area contributed by atoms with Crippen molar-refractivity contribution in [3.8, 4) is 0 Å². The zero-order valence-electron chi connectivity index (χ0n) is 13.3. The van der Waals surface area contributed by atoms with Gasteiger partial charge >= 0.3 is 0 Å². The van der Waals surface area contributed by atoms with Gasteiger partial charge in [-0.3, -0.25) is 4.98 Å². The number of nitrogens with zero attached hydrogens (tertiary/aromatic N) is 1. The zero-order valence-corrected chi connectivity index (χ0v) is 14.0. The Balaban J connectivity index is 2.40. The topological polar surface area (TPSA) is 54.7 Å². The highest BCUT2D eigenvalue weighted by Gasteiger charge is 2.50. The van der Waals surface area contributed by atoms with Crippen LogP contribution in [0.5, 0.6) is 0 Å². The standard InChI is InChI=1S/C18H22ClN3/c1-4-17(3)8-5-14(19)12(2)18(17,11-20)13-6-9-21-15-7-10-22-16(13)15/h5-10,22H,4,11,20H2,1-3H3. The number of nitrogens with one attached hydrogen (secondary N) is 1. The van der Waals surface area contributed by atoms with Crippen LogP contribution in [0.2, 0.25) is 0 Å². The number of H-pyrrole nitrogens is 1. The van der Waals surface area contributed by atoms with Gasteiger partial charge < -0.3 is 10.7 Å². The molecule has 3 N–H and O–H groups in total. The summed E-state index contributed by atoms with van der Waals surface area (Å²) in [5.74, 6) is 0. The molecule has 2 atom stereocenters. The summed E-state index contributed by atoms with van der Waals surface area (Å²) in [5, 5.41) is 0.785. The second-order valence-electron chi connectivity index (χ2n) is 6.28. The van der Waals surface area contributed by atoms with Crippen molar-refractivity contribution >= 4 is 22.6 Å². The first-order chi connectivity index (χ1) is 10.5. The van der Waals surface area contributed by atoms with E-state index in [4.69, 9.17) is 17.3 Å². The number of hydrogen-bond acceptors (Lipinski definition) is 2. The van der Waals surface area contributed by atoms with Gasteiger partial charge in [-0.2, -0.15) is 0 Å². The third-order valence-corrected chi connectivity index (χ3v) is 5.93. The lowest BCUT2D eigenvalue weighted by Gasteiger charge is -2.50. The first-order valence-corrected chi connectivity index (χ1v) is 8.06. The summed E-state index contributed by atoms with van der Waals surface area (Å²) in [5.41, 5.74) is 10.3. The van der Waals surface area contributed by atoms with Gasteiger partial charge in [-0.05, 0) is 42.7 Å². The van der Waals surface area contributed by atoms with Gasteiger partial charge in [0.2, 0.25) is 0 Å². The normalized spacial score (nSPS) is 28.6. The number of hydrogen-bond donors (Lipinski definition) is 2. The molecule has 0 amide bonds. The highest BCUT2D eigenvalue weighted by atomic mass is 35.5. The molecule has 2 aromatic rings. The third kappa shape index (κ3) is 1.82. The Labute approximate surface area is 136 Å². The highest BCUT2D eigenvalue weighted by molar-refractivity contribution is 6.31. The lowest BCUT2D eigenvalue weighted by molar-refractivity contribution is 0.231. The van der Waals surface area contributed by atoms with Gasteiger partial charge in [0.25, 0.3) is 0 Å². The predicted molar refractivity (Wildman–Crippen MR) is 92.9 cm³/mol. The smallest absolute Gasteiger partial charge is 0.0881 e. The van der Waals surface area contributed by atoms with Crippen molar-refractivity contribution in [1.29, 1.82) is 0 Å². The minimum atomic E-state index is -0.334. The van der Waals surface area contributed by atoms with Crippen molar-refractivity contribution < 1.29 is 0 Å². The molecule has 0 radical (unpaired) electrons. The number of fused-ring (bicyclic) bond motifs is 1. The van der Waals surface area contributed by atoms with Crippen molar-refractivity contribution in [2.45, 2.75) is 32.6 Å². The summed E-state index contributed by atoms with van der Waals surface area (Å²) in [6.07, 6.45) is 8.99. The fourth-order valence-corrected chi connectivity index (χ4v) is 4.12. The molecule has 4 heteroatoms. The minimum absolute atomic E-state index is 0.0936. The van der Waals surface area contributed by atoms with Crippen LogP contribution in [0.25, 0.3) is 11.0 Å². The Morgan fingerprint density at radius 2 is 2.14 bits per heavy atom. The molecule has 0 saturated heterocycles. The van der Waals surface area contributed by atoms with E-state index in [9.17, 15) is 0 Å². The van der Waals surface area contributed by atoms with Crippen LogP contribution in [0, 0.1) is 5.41 Å². The molecule has 3 rings (SSSR count). The SMILES string of the molecule is CCC1(C)C=CC(Cl)=C(C)C1(CN)c1ccnc2cc[nH]c12. The van der Waals surface area contributed by atoms with E-state index in [1.165, 1.54) is 5.56 Å². The van der Waals surface area contributed by atoms with E-state index in [-0.39, 0.29) is 10.8 Å². The molecule has 1 aliphatic carbocycles. The number of aromatic nitrogens is 2. The molecule has 0 aromatic carbocycles. The van der Waals surface area contributed by atoms with Crippen molar-refractivity contribution in [3.63, 3.8) is 0 Å². The van der Waals surface area contributed by atoms with Crippen LogP contribution < -0.4 is 5.73 Å². The van der Waals surface area contributed by atoms with E-state index >= 15 is 0 Å². The fourth-order valence-electron chi connectivity index (χ4n) is 3.90. The van der Waals surface area contributed by atoms with E-state index in [0.717, 1.165) is 28.1 Å². The molecule has 2 unspecified atom stereocenters. The van der Waals surface area contributed by atoms with Crippen LogP contribution in [0.3, 0.4) is 0 Å². The summed E-state index contributed by atoms with van der Waals surface area (Å²) >= 11 is 6.50. The molecule has 0 spiro atoms. The van der Waals surface area contributed by atoms with Crippen LogP contribution in [0.1, 0.15) is 32.8 Å². The van der Waals surface area contributed by atoms with Crippen LogP contribution in [-0.2, 0) is 5.41 Å². The number of aromatic amines is 1. The summed E-state index contributed by atoms with van der Waals surface area (Å²) in [6.45, 7) is 7.07. The number of rotatable bonds is 3. The van der Waals surface area contributed by atoms with Crippen LogP contribution >= 0.6 is 11.6 Å². The zero-order chi connectivity index (χ0) is 16.0. The van der Waals surface area contributed by atoms with Crippen molar-refractivity contribution in [1.82, 2.24) is 9.97 Å². The number of halogens is 1. The van der Waals surface area contributed by atoms with Crippen molar-refractivity contribution in [2.75, 3.05) is 6.54 Å². The van der Waals surface area contributed by atoms with Crippen molar-refractivity contribution in [2.24, 2.45) is 11.1 Å². The first-order valence-electron chi connectivity index (χ1n) is 7.69. The maximum atomic E-state index is 6.50. The van der Waals surface area contributed by atoms with E-state index in [0.29, 0.717) is 6.54 Å². The van der Waals surface area contributed by atoms with Gasteiger partial charge in [-0.25, -0.2) is 0 Å². The van der Waals surface area contributed by atoms with Gasteiger partial charge in [0, 0.05) is 34.8 Å². The predicted octanol–water partition coefficient (Wildman–Crippen LogP) is 4.26. The lowest BCUT2D eigenvalue weighted by atomic mass is 9.54. The van der Waals surface area contributed by atoms with Gasteiger partial charge in [0.05, 0.1) is 11.0 Å². The van der Waals surface area contributed by atoms with Crippen molar-refractivity contribution in [3.05, 3.63) is 52.8 Å². The van der Waals surface area contributed by atoms with Crippen LogP contribution in [0.4, 0.5) is 0 Å². The lowest BCUT2D eigenvalue weighted by Crippen LogP contribution is -2.50. The summed E-state index contributed by atoms with van der Waals surface area (Å²) in [7, 11) is 0. The molecule has 0 aliphatic heterocycles. The molecule has 2 heterocycles. The Hall–Kier alpha value is -1.58. The van der Waals surface area contributed by atoms with E-state index < -0.39 is 0 Å². The second-order valence-corrected chi connectivity index (χ2v) is 6.69. The Morgan fingerprint density at radius 1 is 1.36 bits per heavy atom. The molecule has 22 heavy (non-hydrogen) atoms. The van der Waals surface area contributed by atoms with Gasteiger partial charge in [-0.15, -0.1) is 0 Å². The average Bonchev–Trinajstić information content (AvgIpc) is 3.01. The van der Waals surface area contributed by atoms with Crippen LogP contribution in [0.15, 0.2) is 47.3 Å². The summed E-state index contributed by atoms with van der Waals surface area (Å²) in [6, 6.07) is 4.07. The van der Waals surface area contributed by atoms with E-state index in [2.05, 4.69) is 42.9 Å². The maximum Gasteiger partial charge on any atom is 0.0881 e. The molecule has 0 saturated carbocycles.